The first kappa shape index (κ1) is 22.7. The van der Waals surface area contributed by atoms with Gasteiger partial charge in [-0.25, -0.2) is 4.79 Å². The fraction of sp³-hybridized carbons (Fsp3) is 0.667. The first-order chi connectivity index (χ1) is 10.2. The lowest BCUT2D eigenvalue weighted by atomic mass is 9.74. The van der Waals surface area contributed by atoms with Crippen molar-refractivity contribution in [3.63, 3.8) is 0 Å². The molecule has 0 aromatic carbocycles. The first-order valence-electron chi connectivity index (χ1n) is 7.61. The van der Waals surface area contributed by atoms with Crippen molar-refractivity contribution in [2.75, 3.05) is 7.11 Å². The number of Topliss-reactive ketones (excluding diaryl/α,β-unsaturated/α-hetero) is 1. The summed E-state index contributed by atoms with van der Waals surface area (Å²) >= 11 is 0. The van der Waals surface area contributed by atoms with Gasteiger partial charge in [0.2, 0.25) is 0 Å². The normalized spacial score (nSPS) is 19.4. The van der Waals surface area contributed by atoms with E-state index in [4.69, 9.17) is 0 Å². The molecule has 0 heterocycles. The molecule has 0 aliphatic heterocycles. The Hall–Kier alpha value is -1.60. The molecular formula is C18H30O4. The zero-order chi connectivity index (χ0) is 17.8. The molecule has 0 spiro atoms. The van der Waals surface area contributed by atoms with Crippen molar-refractivity contribution in [1.82, 2.24) is 0 Å². The molecular weight excluding hydrogens is 280 g/mol. The second kappa shape index (κ2) is 12.0. The molecule has 4 nitrogen and oxygen atoms in total. The minimum absolute atomic E-state index is 0.185. The monoisotopic (exact) mass is 310 g/mol. The lowest BCUT2D eigenvalue weighted by Gasteiger charge is -2.33. The maximum Gasteiger partial charge on any atom is 0.331 e. The first-order valence-corrected chi connectivity index (χ1v) is 7.61. The van der Waals surface area contributed by atoms with Crippen molar-refractivity contribution < 1.29 is 19.4 Å². The van der Waals surface area contributed by atoms with Crippen molar-refractivity contribution in [3.05, 3.63) is 11.6 Å². The molecule has 0 bridgehead atoms. The van der Waals surface area contributed by atoms with Crippen molar-refractivity contribution >= 4 is 11.8 Å². The van der Waals surface area contributed by atoms with Crippen LogP contribution in [0.25, 0.3) is 0 Å². The third-order valence-electron chi connectivity index (χ3n) is 3.11. The van der Waals surface area contributed by atoms with Crippen LogP contribution in [-0.4, -0.2) is 30.1 Å². The van der Waals surface area contributed by atoms with Crippen LogP contribution in [0.2, 0.25) is 0 Å². The molecule has 0 aromatic rings. The molecule has 0 amide bonds. The van der Waals surface area contributed by atoms with Crippen molar-refractivity contribution in [3.8, 4) is 11.8 Å². The van der Waals surface area contributed by atoms with Crippen LogP contribution < -0.4 is 0 Å². The van der Waals surface area contributed by atoms with Crippen LogP contribution in [0.5, 0.6) is 0 Å². The van der Waals surface area contributed by atoms with Crippen LogP contribution in [0.1, 0.15) is 60.8 Å². The molecule has 1 N–H and O–H groups in total. The van der Waals surface area contributed by atoms with Crippen LogP contribution in [-0.2, 0) is 14.3 Å². The number of carbonyl (C=O) groups excluding carboxylic acids is 2. The van der Waals surface area contributed by atoms with Gasteiger partial charge in [-0.15, -0.1) is 5.92 Å². The molecule has 0 saturated heterocycles. The molecule has 0 radical (unpaired) electrons. The lowest BCUT2D eigenvalue weighted by molar-refractivity contribution is -0.134. The number of allylic oxidation sites excluding steroid dienone is 1. The summed E-state index contributed by atoms with van der Waals surface area (Å²) in [5.41, 5.74) is 0.532. The van der Waals surface area contributed by atoms with Gasteiger partial charge in [0.15, 0.2) is 0 Å². The van der Waals surface area contributed by atoms with E-state index in [0.717, 1.165) is 0 Å². The molecule has 4 heteroatoms. The second-order valence-electron chi connectivity index (χ2n) is 5.48. The largest absolute Gasteiger partial charge is 0.466 e. The predicted octanol–water partition coefficient (Wildman–Crippen LogP) is 3.28. The molecule has 1 aliphatic rings. The summed E-state index contributed by atoms with van der Waals surface area (Å²) in [5.74, 6) is 5.32. The Morgan fingerprint density at radius 1 is 1.41 bits per heavy atom. The molecule has 1 atom stereocenters. The second-order valence-corrected chi connectivity index (χ2v) is 5.48. The van der Waals surface area contributed by atoms with E-state index in [1.807, 2.05) is 27.7 Å². The lowest BCUT2D eigenvalue weighted by Crippen LogP contribution is -2.36. The third kappa shape index (κ3) is 10.2. The SMILES string of the molecule is CC.CC#C/C(C)=C/C(=O)OC.CC1(C)CC(=O)CCC1O. The van der Waals surface area contributed by atoms with Gasteiger partial charge in [-0.05, 0) is 25.7 Å². The minimum Gasteiger partial charge on any atom is -0.466 e. The minimum atomic E-state index is -0.361. The topological polar surface area (TPSA) is 63.6 Å². The van der Waals surface area contributed by atoms with Crippen molar-refractivity contribution in [2.24, 2.45) is 5.41 Å². The van der Waals surface area contributed by atoms with Crippen LogP contribution in [0.3, 0.4) is 0 Å². The quantitative estimate of drug-likeness (QED) is 0.458. The van der Waals surface area contributed by atoms with Gasteiger partial charge >= 0.3 is 5.97 Å². The van der Waals surface area contributed by atoms with E-state index in [-0.39, 0.29) is 23.3 Å². The number of ketones is 1. The van der Waals surface area contributed by atoms with Gasteiger partial charge in [0.25, 0.3) is 0 Å². The van der Waals surface area contributed by atoms with E-state index >= 15 is 0 Å². The summed E-state index contributed by atoms with van der Waals surface area (Å²) in [6.07, 6.45) is 2.81. The highest BCUT2D eigenvalue weighted by molar-refractivity contribution is 5.83. The van der Waals surface area contributed by atoms with Crippen molar-refractivity contribution in [1.29, 1.82) is 0 Å². The Labute approximate surface area is 134 Å². The Kier molecular flexibility index (Phi) is 12.4. The van der Waals surface area contributed by atoms with Gasteiger partial charge in [0.05, 0.1) is 13.2 Å². The van der Waals surface area contributed by atoms with E-state index < -0.39 is 0 Å². The van der Waals surface area contributed by atoms with Crippen molar-refractivity contribution in [2.45, 2.75) is 66.9 Å². The molecule has 0 aromatic heterocycles. The van der Waals surface area contributed by atoms with E-state index in [1.165, 1.54) is 13.2 Å². The zero-order valence-electron chi connectivity index (χ0n) is 14.9. The standard InChI is InChI=1S/C8H14O2.C8H10O2.C2H6/c1-8(2)5-6(9)3-4-7(8)10;1-4-5-7(2)6-8(9)10-3;1-2/h7,10H,3-5H2,1-2H3;6H,1-3H3;1-2H3/b;7-6+;. The van der Waals surface area contributed by atoms with Gasteiger partial charge < -0.3 is 9.84 Å². The van der Waals surface area contributed by atoms with E-state index in [1.54, 1.807) is 13.8 Å². The van der Waals surface area contributed by atoms with Crippen LogP contribution in [0.4, 0.5) is 0 Å². The summed E-state index contributed by atoms with van der Waals surface area (Å²) in [4.78, 5) is 21.4. The fourth-order valence-electron chi connectivity index (χ4n) is 1.87. The fourth-order valence-corrected chi connectivity index (χ4v) is 1.87. The number of hydrogen-bond donors (Lipinski definition) is 1. The molecule has 1 unspecified atom stereocenters. The van der Waals surface area contributed by atoms with Crippen LogP contribution in [0.15, 0.2) is 11.6 Å². The van der Waals surface area contributed by atoms with Crippen LogP contribution in [0, 0.1) is 17.3 Å². The number of aliphatic hydroxyl groups is 1. The molecule has 1 saturated carbocycles. The molecule has 1 aliphatic carbocycles. The maximum absolute atomic E-state index is 10.9. The summed E-state index contributed by atoms with van der Waals surface area (Å²) in [5, 5.41) is 9.40. The number of carbonyl (C=O) groups is 2. The van der Waals surface area contributed by atoms with Gasteiger partial charge in [0, 0.05) is 24.5 Å². The summed E-state index contributed by atoms with van der Waals surface area (Å²) in [6.45, 7) is 11.4. The van der Waals surface area contributed by atoms with E-state index in [9.17, 15) is 14.7 Å². The summed E-state index contributed by atoms with van der Waals surface area (Å²) in [7, 11) is 1.34. The Morgan fingerprint density at radius 3 is 2.32 bits per heavy atom. The highest BCUT2D eigenvalue weighted by Gasteiger charge is 2.34. The van der Waals surface area contributed by atoms with Gasteiger partial charge in [-0.1, -0.05) is 33.6 Å². The zero-order valence-corrected chi connectivity index (χ0v) is 14.9. The van der Waals surface area contributed by atoms with Crippen LogP contribution >= 0.6 is 0 Å². The van der Waals surface area contributed by atoms with Gasteiger partial charge in [-0.2, -0.15) is 0 Å². The summed E-state index contributed by atoms with van der Waals surface area (Å²) in [6, 6.07) is 0. The summed E-state index contributed by atoms with van der Waals surface area (Å²) < 4.78 is 4.38. The number of aliphatic hydroxyl groups excluding tert-OH is 1. The number of rotatable bonds is 1. The van der Waals surface area contributed by atoms with E-state index in [2.05, 4.69) is 16.6 Å². The Morgan fingerprint density at radius 2 is 1.95 bits per heavy atom. The number of methoxy groups -OCH3 is 1. The Balaban J connectivity index is 0. The highest BCUT2D eigenvalue weighted by Crippen LogP contribution is 2.33. The molecule has 1 rings (SSSR count). The predicted molar refractivity (Wildman–Crippen MR) is 89.2 cm³/mol. The van der Waals surface area contributed by atoms with Gasteiger partial charge in [-0.3, -0.25) is 4.79 Å². The number of esters is 1. The maximum atomic E-state index is 10.9. The average Bonchev–Trinajstić information content (AvgIpc) is 2.45. The van der Waals surface area contributed by atoms with Gasteiger partial charge in [0.1, 0.15) is 5.78 Å². The highest BCUT2D eigenvalue weighted by atomic mass is 16.5. The third-order valence-corrected chi connectivity index (χ3v) is 3.11. The molecule has 1 fully saturated rings. The number of ether oxygens (including phenoxy) is 1. The molecule has 126 valence electrons. The smallest absolute Gasteiger partial charge is 0.331 e. The number of hydrogen-bond acceptors (Lipinski definition) is 4. The Bertz CT molecular complexity index is 436. The van der Waals surface area contributed by atoms with E-state index in [0.29, 0.717) is 24.8 Å². The molecule has 22 heavy (non-hydrogen) atoms. The average molecular weight is 310 g/mol.